The first kappa shape index (κ1) is 16.9. The summed E-state index contributed by atoms with van der Waals surface area (Å²) in [5.41, 5.74) is 1.84. The van der Waals surface area contributed by atoms with Crippen molar-refractivity contribution in [3.8, 4) is 11.3 Å². The van der Waals surface area contributed by atoms with Gasteiger partial charge in [-0.2, -0.15) is 0 Å². The predicted octanol–water partition coefficient (Wildman–Crippen LogP) is 4.12. The van der Waals surface area contributed by atoms with Gasteiger partial charge in [-0.1, -0.05) is 46.3 Å². The first-order valence-electron chi connectivity index (χ1n) is 7.29. The Kier molecular flexibility index (Phi) is 4.97. The van der Waals surface area contributed by atoms with E-state index in [0.29, 0.717) is 11.3 Å². The molecule has 0 aliphatic rings. The van der Waals surface area contributed by atoms with Gasteiger partial charge in [0, 0.05) is 21.8 Å². The Balaban J connectivity index is 1.97. The Morgan fingerprint density at radius 3 is 2.36 bits per heavy atom. The van der Waals surface area contributed by atoms with Crippen molar-refractivity contribution in [3.05, 3.63) is 81.1 Å². The number of amides is 1. The smallest absolute Gasteiger partial charge is 0.351 e. The van der Waals surface area contributed by atoms with Crippen LogP contribution in [0.25, 0.3) is 11.3 Å². The lowest BCUT2D eigenvalue weighted by molar-refractivity contribution is 0.102. The monoisotopic (exact) mass is 400 g/mol. The van der Waals surface area contributed by atoms with Gasteiger partial charge < -0.3 is 9.73 Å². The van der Waals surface area contributed by atoms with Gasteiger partial charge in [0.05, 0.1) is 5.69 Å². The van der Waals surface area contributed by atoms with Crippen molar-refractivity contribution in [1.82, 2.24) is 0 Å². The van der Waals surface area contributed by atoms with E-state index in [1.165, 1.54) is 6.07 Å². The molecule has 6 nitrogen and oxygen atoms in total. The summed E-state index contributed by atoms with van der Waals surface area (Å²) in [5.74, 6) is -0.449. The summed E-state index contributed by atoms with van der Waals surface area (Å²) >= 11 is 3.30. The van der Waals surface area contributed by atoms with Gasteiger partial charge in [-0.3, -0.25) is 15.5 Å². The van der Waals surface area contributed by atoms with Crippen LogP contribution in [0, 0.1) is 0 Å². The van der Waals surface area contributed by atoms with Crippen molar-refractivity contribution in [2.24, 2.45) is 0 Å². The van der Waals surface area contributed by atoms with Crippen LogP contribution < -0.4 is 16.4 Å². The van der Waals surface area contributed by atoms with E-state index in [-0.39, 0.29) is 17.0 Å². The highest BCUT2D eigenvalue weighted by molar-refractivity contribution is 9.10. The van der Waals surface area contributed by atoms with Crippen molar-refractivity contribution in [2.45, 2.75) is 0 Å². The molecule has 0 atom stereocenters. The molecule has 1 aromatic heterocycles. The number of rotatable bonds is 4. The van der Waals surface area contributed by atoms with Crippen LogP contribution in [0.1, 0.15) is 10.4 Å². The lowest BCUT2D eigenvalue weighted by Gasteiger charge is -2.10. The van der Waals surface area contributed by atoms with Crippen molar-refractivity contribution >= 4 is 33.2 Å². The van der Waals surface area contributed by atoms with Crippen LogP contribution in [0.15, 0.2) is 74.3 Å². The van der Waals surface area contributed by atoms with E-state index < -0.39 is 11.5 Å². The lowest BCUT2D eigenvalue weighted by atomic mass is 10.1. The summed E-state index contributed by atoms with van der Waals surface area (Å²) in [6.07, 6.45) is 0. The van der Waals surface area contributed by atoms with Crippen molar-refractivity contribution in [3.63, 3.8) is 0 Å². The minimum Gasteiger partial charge on any atom is -0.422 e. The Morgan fingerprint density at radius 1 is 1.04 bits per heavy atom. The topological polar surface area (TPSA) is 91.6 Å². The average molecular weight is 401 g/mol. The highest BCUT2D eigenvalue weighted by atomic mass is 79.9. The van der Waals surface area contributed by atoms with Crippen molar-refractivity contribution in [1.29, 1.82) is 0 Å². The second-order valence-electron chi connectivity index (χ2n) is 5.13. The minimum absolute atomic E-state index is 0.0373. The Hall–Kier alpha value is -2.90. The molecule has 0 aliphatic carbocycles. The van der Waals surface area contributed by atoms with Gasteiger partial charge in [0.2, 0.25) is 0 Å². The SMILES string of the molecule is O=C(Nc1ccc(Br)cc1)c1c(NO)cc(-c2ccccc2)oc1=O. The zero-order valence-electron chi connectivity index (χ0n) is 12.8. The number of nitrogens with one attached hydrogen (secondary N) is 2. The van der Waals surface area contributed by atoms with E-state index >= 15 is 0 Å². The van der Waals surface area contributed by atoms with E-state index in [0.717, 1.165) is 4.47 Å². The molecule has 0 spiro atoms. The van der Waals surface area contributed by atoms with Gasteiger partial charge in [0.25, 0.3) is 5.91 Å². The highest BCUT2D eigenvalue weighted by Crippen LogP contribution is 2.23. The molecule has 0 bridgehead atoms. The van der Waals surface area contributed by atoms with E-state index in [2.05, 4.69) is 21.2 Å². The number of carbonyl (C=O) groups is 1. The summed E-state index contributed by atoms with van der Waals surface area (Å²) in [6, 6.07) is 17.2. The minimum atomic E-state index is -0.854. The van der Waals surface area contributed by atoms with Crippen LogP contribution in [-0.2, 0) is 0 Å². The standard InChI is InChI=1S/C18H13BrN2O4/c19-12-6-8-13(9-7-12)20-17(22)16-14(21-24)10-15(25-18(16)23)11-4-2-1-3-5-11/h1-10,21,24H,(H,20,22). The first-order valence-corrected chi connectivity index (χ1v) is 8.08. The summed E-state index contributed by atoms with van der Waals surface area (Å²) < 4.78 is 6.10. The summed E-state index contributed by atoms with van der Waals surface area (Å²) in [4.78, 5) is 24.7. The third-order valence-corrected chi connectivity index (χ3v) is 3.99. The lowest BCUT2D eigenvalue weighted by Crippen LogP contribution is -2.23. The molecule has 1 amide bonds. The summed E-state index contributed by atoms with van der Waals surface area (Å²) in [7, 11) is 0. The molecule has 2 aromatic carbocycles. The van der Waals surface area contributed by atoms with E-state index in [4.69, 9.17) is 4.42 Å². The maximum atomic E-state index is 12.4. The molecule has 0 saturated heterocycles. The summed E-state index contributed by atoms with van der Waals surface area (Å²) in [6.45, 7) is 0. The molecule has 3 aromatic rings. The molecule has 3 rings (SSSR count). The summed E-state index contributed by atoms with van der Waals surface area (Å²) in [5, 5.41) is 11.9. The molecule has 126 valence electrons. The molecule has 25 heavy (non-hydrogen) atoms. The second-order valence-corrected chi connectivity index (χ2v) is 6.04. The van der Waals surface area contributed by atoms with Gasteiger partial charge in [-0.25, -0.2) is 4.79 Å². The maximum absolute atomic E-state index is 12.4. The average Bonchev–Trinajstić information content (AvgIpc) is 2.63. The number of benzene rings is 2. The van der Waals surface area contributed by atoms with Gasteiger partial charge in [-0.15, -0.1) is 0 Å². The molecule has 0 unspecified atom stereocenters. The molecule has 7 heteroatoms. The third-order valence-electron chi connectivity index (χ3n) is 3.46. The number of carbonyl (C=O) groups excluding carboxylic acids is 1. The molecule has 0 aliphatic heterocycles. The zero-order chi connectivity index (χ0) is 17.8. The number of hydrogen-bond donors (Lipinski definition) is 3. The van der Waals surface area contributed by atoms with Crippen molar-refractivity contribution < 1.29 is 14.4 Å². The Labute approximate surface area is 151 Å². The van der Waals surface area contributed by atoms with Crippen LogP contribution >= 0.6 is 15.9 Å². The van der Waals surface area contributed by atoms with Gasteiger partial charge in [-0.05, 0) is 24.3 Å². The molecule has 3 N–H and O–H groups in total. The van der Waals surface area contributed by atoms with Gasteiger partial charge in [0.1, 0.15) is 5.76 Å². The largest absolute Gasteiger partial charge is 0.422 e. The fourth-order valence-corrected chi connectivity index (χ4v) is 2.53. The van der Waals surface area contributed by atoms with Gasteiger partial charge >= 0.3 is 5.63 Å². The number of hydrogen-bond acceptors (Lipinski definition) is 5. The molecular formula is C18H13BrN2O4. The number of anilines is 2. The first-order chi connectivity index (χ1) is 12.1. The third kappa shape index (κ3) is 3.78. The molecule has 0 saturated carbocycles. The van der Waals surface area contributed by atoms with Crippen LogP contribution in [-0.4, -0.2) is 11.1 Å². The van der Waals surface area contributed by atoms with Crippen LogP contribution in [0.4, 0.5) is 11.4 Å². The Morgan fingerprint density at radius 2 is 1.72 bits per heavy atom. The highest BCUT2D eigenvalue weighted by Gasteiger charge is 2.20. The van der Waals surface area contributed by atoms with E-state index in [1.807, 2.05) is 11.5 Å². The fraction of sp³-hybridized carbons (Fsp3) is 0. The quantitative estimate of drug-likeness (QED) is 0.572. The molecular weight excluding hydrogens is 388 g/mol. The second kappa shape index (κ2) is 7.33. The predicted molar refractivity (Wildman–Crippen MR) is 97.9 cm³/mol. The van der Waals surface area contributed by atoms with E-state index in [1.54, 1.807) is 48.5 Å². The van der Waals surface area contributed by atoms with Crippen LogP contribution in [0.2, 0.25) is 0 Å². The van der Waals surface area contributed by atoms with E-state index in [9.17, 15) is 14.8 Å². The maximum Gasteiger partial charge on any atom is 0.351 e. The molecule has 0 fully saturated rings. The van der Waals surface area contributed by atoms with Crippen molar-refractivity contribution in [2.75, 3.05) is 10.8 Å². The van der Waals surface area contributed by atoms with Crippen LogP contribution in [0.3, 0.4) is 0 Å². The normalized spacial score (nSPS) is 10.3. The van der Waals surface area contributed by atoms with Gasteiger partial charge in [0.15, 0.2) is 5.56 Å². The molecule has 0 radical (unpaired) electrons. The molecule has 1 heterocycles. The number of halogens is 1. The Bertz CT molecular complexity index is 953. The van der Waals surface area contributed by atoms with Crippen LogP contribution in [0.5, 0.6) is 0 Å². The fourth-order valence-electron chi connectivity index (χ4n) is 2.27. The zero-order valence-corrected chi connectivity index (χ0v) is 14.4.